The summed E-state index contributed by atoms with van der Waals surface area (Å²) in [5.41, 5.74) is 2.46. The van der Waals surface area contributed by atoms with Crippen molar-refractivity contribution in [3.05, 3.63) is 17.5 Å². The van der Waals surface area contributed by atoms with E-state index < -0.39 is 0 Å². The normalized spacial score (nSPS) is 18.5. The van der Waals surface area contributed by atoms with E-state index in [9.17, 15) is 0 Å². The van der Waals surface area contributed by atoms with E-state index in [1.165, 1.54) is 37.1 Å². The summed E-state index contributed by atoms with van der Waals surface area (Å²) in [5, 5.41) is 8.06. The van der Waals surface area contributed by atoms with Gasteiger partial charge in [-0.15, -0.1) is 24.0 Å². The van der Waals surface area contributed by atoms with Gasteiger partial charge in [-0.2, -0.15) is 5.10 Å². The molecule has 2 rings (SSSR count). The number of nitrogens with one attached hydrogen (secondary N) is 1. The molecule has 0 aromatic carbocycles. The van der Waals surface area contributed by atoms with Crippen LogP contribution in [0.1, 0.15) is 64.1 Å². The van der Waals surface area contributed by atoms with Crippen molar-refractivity contribution in [3.8, 4) is 0 Å². The molecule has 7 heteroatoms. The van der Waals surface area contributed by atoms with Gasteiger partial charge in [-0.3, -0.25) is 14.6 Å². The van der Waals surface area contributed by atoms with Gasteiger partial charge < -0.3 is 10.2 Å². The predicted octanol–water partition coefficient (Wildman–Crippen LogP) is 3.43. The molecule has 1 N–H and O–H groups in total. The first-order valence-corrected chi connectivity index (χ1v) is 10.2. The molecule has 27 heavy (non-hydrogen) atoms. The average molecular weight is 490 g/mol. The lowest BCUT2D eigenvalue weighted by Crippen LogP contribution is -2.41. The highest BCUT2D eigenvalue weighted by molar-refractivity contribution is 14.0. The van der Waals surface area contributed by atoms with Crippen molar-refractivity contribution >= 4 is 29.9 Å². The zero-order valence-corrected chi connectivity index (χ0v) is 20.4. The lowest BCUT2D eigenvalue weighted by atomic mass is 10.0. The number of hydrogen-bond acceptors (Lipinski definition) is 3. The Bertz CT molecular complexity index is 583. The van der Waals surface area contributed by atoms with Crippen molar-refractivity contribution in [1.29, 1.82) is 0 Å². The number of aromatic nitrogens is 2. The van der Waals surface area contributed by atoms with Crippen LogP contribution in [0.25, 0.3) is 0 Å². The predicted molar refractivity (Wildman–Crippen MR) is 125 cm³/mol. The Hall–Kier alpha value is -0.830. The number of nitrogens with zero attached hydrogens (tertiary/aromatic N) is 5. The third kappa shape index (κ3) is 7.25. The highest BCUT2D eigenvalue weighted by atomic mass is 127. The fourth-order valence-corrected chi connectivity index (χ4v) is 3.74. The molecule has 2 heterocycles. The number of likely N-dealkylation sites (tertiary alicyclic amines) is 1. The van der Waals surface area contributed by atoms with Crippen LogP contribution in [-0.2, 0) is 13.6 Å². The third-order valence-electron chi connectivity index (χ3n) is 5.18. The van der Waals surface area contributed by atoms with Crippen LogP contribution < -0.4 is 5.32 Å². The molecule has 1 aromatic rings. The molecule has 0 saturated carbocycles. The second-order valence-corrected chi connectivity index (χ2v) is 7.84. The van der Waals surface area contributed by atoms with Crippen LogP contribution in [0.3, 0.4) is 0 Å². The number of rotatable bonds is 7. The summed E-state index contributed by atoms with van der Waals surface area (Å²) in [6.07, 6.45) is 6.15. The number of aryl methyl sites for hydroxylation is 1. The summed E-state index contributed by atoms with van der Waals surface area (Å²) in [5.74, 6) is 1.41. The van der Waals surface area contributed by atoms with Crippen molar-refractivity contribution < 1.29 is 0 Å². The first-order chi connectivity index (χ1) is 12.4. The van der Waals surface area contributed by atoms with Crippen LogP contribution in [0, 0.1) is 0 Å². The summed E-state index contributed by atoms with van der Waals surface area (Å²) in [6, 6.07) is 0.697. The van der Waals surface area contributed by atoms with Gasteiger partial charge in [-0.1, -0.05) is 20.3 Å². The molecule has 1 aliphatic heterocycles. The van der Waals surface area contributed by atoms with E-state index >= 15 is 0 Å². The highest BCUT2D eigenvalue weighted by Gasteiger charge is 2.18. The zero-order valence-electron chi connectivity index (χ0n) is 18.0. The standard InChI is InChI=1S/C20H38N6.HI/c1-7-21-20(22-11-13-26-12-9-8-10-17(26)4)24(5)14-18-15-25(6)23-19(18)16(2)3;/h15-17H,7-14H2,1-6H3,(H,21,22);1H. The maximum absolute atomic E-state index is 4.88. The van der Waals surface area contributed by atoms with Crippen LogP contribution in [0.2, 0.25) is 0 Å². The number of piperidine rings is 1. The van der Waals surface area contributed by atoms with Crippen LogP contribution in [-0.4, -0.2) is 64.8 Å². The summed E-state index contributed by atoms with van der Waals surface area (Å²) >= 11 is 0. The van der Waals surface area contributed by atoms with Gasteiger partial charge in [0.2, 0.25) is 0 Å². The Balaban J connectivity index is 0.00000364. The number of aliphatic imine (C=N–C) groups is 1. The molecule has 1 fully saturated rings. The first-order valence-electron chi connectivity index (χ1n) is 10.2. The average Bonchev–Trinajstić information content (AvgIpc) is 2.96. The van der Waals surface area contributed by atoms with E-state index in [1.807, 2.05) is 11.7 Å². The summed E-state index contributed by atoms with van der Waals surface area (Å²) in [7, 11) is 4.11. The summed E-state index contributed by atoms with van der Waals surface area (Å²) in [4.78, 5) is 9.67. The van der Waals surface area contributed by atoms with E-state index in [4.69, 9.17) is 4.99 Å². The Kier molecular flexibility index (Phi) is 10.7. The Morgan fingerprint density at radius 1 is 1.41 bits per heavy atom. The fourth-order valence-electron chi connectivity index (χ4n) is 3.74. The molecule has 0 bridgehead atoms. The minimum atomic E-state index is 0. The van der Waals surface area contributed by atoms with Gasteiger partial charge in [0, 0.05) is 51.5 Å². The monoisotopic (exact) mass is 490 g/mol. The van der Waals surface area contributed by atoms with E-state index in [-0.39, 0.29) is 24.0 Å². The van der Waals surface area contributed by atoms with Gasteiger partial charge in [-0.05, 0) is 39.2 Å². The minimum Gasteiger partial charge on any atom is -0.357 e. The summed E-state index contributed by atoms with van der Waals surface area (Å²) < 4.78 is 1.92. The SMILES string of the molecule is CCNC(=NCCN1CCCCC1C)N(C)Cc1cn(C)nc1C(C)C.I. The van der Waals surface area contributed by atoms with Gasteiger partial charge in [0.25, 0.3) is 0 Å². The van der Waals surface area contributed by atoms with Gasteiger partial charge in [0.1, 0.15) is 0 Å². The molecule has 1 aromatic heterocycles. The molecule has 0 aliphatic carbocycles. The molecule has 6 nitrogen and oxygen atoms in total. The van der Waals surface area contributed by atoms with E-state index in [2.05, 4.69) is 61.2 Å². The van der Waals surface area contributed by atoms with Crippen molar-refractivity contribution in [3.63, 3.8) is 0 Å². The van der Waals surface area contributed by atoms with Crippen molar-refractivity contribution in [2.24, 2.45) is 12.0 Å². The highest BCUT2D eigenvalue weighted by Crippen LogP contribution is 2.19. The molecular weight excluding hydrogens is 451 g/mol. The van der Waals surface area contributed by atoms with Crippen LogP contribution in [0.5, 0.6) is 0 Å². The van der Waals surface area contributed by atoms with E-state index in [1.54, 1.807) is 0 Å². The Labute approximate surface area is 182 Å². The topological polar surface area (TPSA) is 48.7 Å². The molecule has 1 unspecified atom stereocenters. The largest absolute Gasteiger partial charge is 0.357 e. The van der Waals surface area contributed by atoms with Crippen LogP contribution >= 0.6 is 24.0 Å². The molecule has 1 atom stereocenters. The molecule has 156 valence electrons. The van der Waals surface area contributed by atoms with Gasteiger partial charge in [0.15, 0.2) is 5.96 Å². The minimum absolute atomic E-state index is 0. The third-order valence-corrected chi connectivity index (χ3v) is 5.18. The van der Waals surface area contributed by atoms with Gasteiger partial charge >= 0.3 is 0 Å². The zero-order chi connectivity index (χ0) is 19.1. The maximum Gasteiger partial charge on any atom is 0.194 e. The quantitative estimate of drug-likeness (QED) is 0.362. The molecular formula is C20H39IN6. The molecule has 0 spiro atoms. The Morgan fingerprint density at radius 2 is 2.15 bits per heavy atom. The second kappa shape index (κ2) is 11.9. The van der Waals surface area contributed by atoms with Crippen molar-refractivity contribution in [2.75, 3.05) is 33.2 Å². The number of guanidine groups is 1. The fraction of sp³-hybridized carbons (Fsp3) is 0.800. The van der Waals surface area contributed by atoms with Gasteiger partial charge in [0.05, 0.1) is 12.2 Å². The molecule has 1 saturated heterocycles. The number of halogens is 1. The molecule has 0 radical (unpaired) electrons. The second-order valence-electron chi connectivity index (χ2n) is 7.84. The lowest BCUT2D eigenvalue weighted by Gasteiger charge is -2.33. The van der Waals surface area contributed by atoms with Gasteiger partial charge in [-0.25, -0.2) is 0 Å². The smallest absolute Gasteiger partial charge is 0.194 e. The molecule has 0 amide bonds. The molecule has 1 aliphatic rings. The van der Waals surface area contributed by atoms with E-state index in [0.29, 0.717) is 12.0 Å². The number of hydrogen-bond donors (Lipinski definition) is 1. The first kappa shape index (κ1) is 24.2. The van der Waals surface area contributed by atoms with Crippen molar-refractivity contribution in [2.45, 2.75) is 65.5 Å². The van der Waals surface area contributed by atoms with Crippen LogP contribution in [0.4, 0.5) is 0 Å². The lowest BCUT2D eigenvalue weighted by molar-refractivity contribution is 0.165. The van der Waals surface area contributed by atoms with E-state index in [0.717, 1.165) is 32.1 Å². The maximum atomic E-state index is 4.88. The Morgan fingerprint density at radius 3 is 2.78 bits per heavy atom. The van der Waals surface area contributed by atoms with Crippen molar-refractivity contribution in [1.82, 2.24) is 24.9 Å². The van der Waals surface area contributed by atoms with Crippen LogP contribution in [0.15, 0.2) is 11.2 Å². The summed E-state index contributed by atoms with van der Waals surface area (Å²) in [6.45, 7) is 13.7.